The fraction of sp³-hybridized carbons (Fsp3) is 0.286. The molecule has 0 fully saturated rings. The molecule has 2 heterocycles. The number of tetrazole rings is 1. The lowest BCUT2D eigenvalue weighted by Crippen LogP contribution is -2.33. The van der Waals surface area contributed by atoms with Crippen LogP contribution in [0.5, 0.6) is 5.75 Å². The van der Waals surface area contributed by atoms with Gasteiger partial charge in [-0.1, -0.05) is 23.4 Å². The molecule has 24 heavy (non-hydrogen) atoms. The van der Waals surface area contributed by atoms with Crippen molar-refractivity contribution < 1.29 is 14.1 Å². The summed E-state index contributed by atoms with van der Waals surface area (Å²) in [7, 11) is 1.56. The zero-order chi connectivity index (χ0) is 16.9. The Labute approximate surface area is 136 Å². The van der Waals surface area contributed by atoms with Crippen LogP contribution in [0.15, 0.2) is 35.1 Å². The SMILES string of the molecule is COc1ccccc1C(NC(=O)Cn1cnnn1)c1noc(C)n1. The van der Waals surface area contributed by atoms with Crippen LogP contribution in [0.2, 0.25) is 0 Å². The Morgan fingerprint density at radius 2 is 2.25 bits per heavy atom. The number of nitrogens with one attached hydrogen (secondary N) is 1. The number of methoxy groups -OCH3 is 1. The average molecular weight is 329 g/mol. The molecular formula is C14H15N7O3. The third-order valence-corrected chi connectivity index (χ3v) is 3.25. The van der Waals surface area contributed by atoms with Crippen molar-refractivity contribution in [2.45, 2.75) is 19.5 Å². The zero-order valence-corrected chi connectivity index (χ0v) is 13.1. The molecule has 0 aliphatic heterocycles. The number of benzene rings is 1. The lowest BCUT2D eigenvalue weighted by molar-refractivity contribution is -0.122. The number of carbonyl (C=O) groups is 1. The van der Waals surface area contributed by atoms with Gasteiger partial charge in [0.05, 0.1) is 7.11 Å². The van der Waals surface area contributed by atoms with E-state index >= 15 is 0 Å². The Morgan fingerprint density at radius 3 is 2.92 bits per heavy atom. The molecular weight excluding hydrogens is 314 g/mol. The Morgan fingerprint density at radius 1 is 1.42 bits per heavy atom. The van der Waals surface area contributed by atoms with Gasteiger partial charge in [0.15, 0.2) is 5.82 Å². The van der Waals surface area contributed by atoms with Crippen molar-refractivity contribution in [1.82, 2.24) is 35.7 Å². The lowest BCUT2D eigenvalue weighted by Gasteiger charge is -2.18. The van der Waals surface area contributed by atoms with Crippen LogP contribution in [-0.4, -0.2) is 43.4 Å². The number of carbonyl (C=O) groups excluding carboxylic acids is 1. The number of ether oxygens (including phenoxy) is 1. The second kappa shape index (κ2) is 6.86. The van der Waals surface area contributed by atoms with Crippen LogP contribution < -0.4 is 10.1 Å². The van der Waals surface area contributed by atoms with Crippen molar-refractivity contribution in [3.63, 3.8) is 0 Å². The van der Waals surface area contributed by atoms with E-state index < -0.39 is 6.04 Å². The largest absolute Gasteiger partial charge is 0.496 e. The maximum atomic E-state index is 12.3. The molecule has 124 valence electrons. The van der Waals surface area contributed by atoms with Crippen LogP contribution in [-0.2, 0) is 11.3 Å². The normalized spacial score (nSPS) is 11.9. The lowest BCUT2D eigenvalue weighted by atomic mass is 10.0. The number of hydrogen-bond donors (Lipinski definition) is 1. The van der Waals surface area contributed by atoms with Crippen LogP contribution in [0.25, 0.3) is 0 Å². The van der Waals surface area contributed by atoms with Gasteiger partial charge in [0.25, 0.3) is 0 Å². The van der Waals surface area contributed by atoms with Crippen LogP contribution >= 0.6 is 0 Å². The zero-order valence-electron chi connectivity index (χ0n) is 13.1. The predicted octanol–water partition coefficient (Wildman–Crippen LogP) is 0.279. The predicted molar refractivity (Wildman–Crippen MR) is 79.8 cm³/mol. The van der Waals surface area contributed by atoms with E-state index in [1.165, 1.54) is 11.0 Å². The van der Waals surface area contributed by atoms with E-state index in [2.05, 4.69) is 31.0 Å². The number of hydrogen-bond acceptors (Lipinski definition) is 8. The van der Waals surface area contributed by atoms with Gasteiger partial charge in [0.1, 0.15) is 24.7 Å². The minimum Gasteiger partial charge on any atom is -0.496 e. The molecule has 3 rings (SSSR count). The average Bonchev–Trinajstić information content (AvgIpc) is 3.24. The first-order chi connectivity index (χ1) is 11.7. The molecule has 0 radical (unpaired) electrons. The highest BCUT2D eigenvalue weighted by Gasteiger charge is 2.25. The van der Waals surface area contributed by atoms with Crippen molar-refractivity contribution in [3.05, 3.63) is 47.9 Å². The van der Waals surface area contributed by atoms with Gasteiger partial charge in [-0.25, -0.2) is 4.68 Å². The molecule has 0 saturated heterocycles. The number of aryl methyl sites for hydroxylation is 1. The van der Waals surface area contributed by atoms with E-state index in [4.69, 9.17) is 9.26 Å². The summed E-state index contributed by atoms with van der Waals surface area (Å²) in [5.41, 5.74) is 0.714. The van der Waals surface area contributed by atoms with E-state index in [0.29, 0.717) is 23.0 Å². The van der Waals surface area contributed by atoms with Gasteiger partial charge in [0, 0.05) is 12.5 Å². The monoisotopic (exact) mass is 329 g/mol. The molecule has 0 spiro atoms. The van der Waals surface area contributed by atoms with Gasteiger partial charge in [-0.05, 0) is 16.5 Å². The molecule has 1 unspecified atom stereocenters. The van der Waals surface area contributed by atoms with Crippen LogP contribution in [0.1, 0.15) is 23.3 Å². The van der Waals surface area contributed by atoms with Gasteiger partial charge in [-0.3, -0.25) is 4.79 Å². The third kappa shape index (κ3) is 3.37. The number of amides is 1. The van der Waals surface area contributed by atoms with E-state index in [9.17, 15) is 4.79 Å². The van der Waals surface area contributed by atoms with Crippen LogP contribution in [0.3, 0.4) is 0 Å². The number of aromatic nitrogens is 6. The summed E-state index contributed by atoms with van der Waals surface area (Å²) >= 11 is 0. The van der Waals surface area contributed by atoms with E-state index in [1.54, 1.807) is 20.1 Å². The summed E-state index contributed by atoms with van der Waals surface area (Å²) in [4.78, 5) is 16.5. The minimum atomic E-state index is -0.623. The van der Waals surface area contributed by atoms with E-state index in [0.717, 1.165) is 0 Å². The molecule has 1 amide bonds. The standard InChI is InChI=1S/C14H15N7O3/c1-9-16-14(18-24-9)13(10-5-3-4-6-11(10)23-2)17-12(22)7-21-8-15-19-20-21/h3-6,8,13H,7H2,1-2H3,(H,17,22). The van der Waals surface area contributed by atoms with Gasteiger partial charge >= 0.3 is 0 Å². The van der Waals surface area contributed by atoms with Crippen molar-refractivity contribution in [3.8, 4) is 5.75 Å². The third-order valence-electron chi connectivity index (χ3n) is 3.25. The summed E-state index contributed by atoms with van der Waals surface area (Å²) in [5.74, 6) is 1.04. The van der Waals surface area contributed by atoms with Crippen molar-refractivity contribution in [2.75, 3.05) is 7.11 Å². The minimum absolute atomic E-state index is 0.0323. The topological polar surface area (TPSA) is 121 Å². The highest BCUT2D eigenvalue weighted by Crippen LogP contribution is 2.28. The molecule has 3 aromatic rings. The molecule has 0 saturated carbocycles. The highest BCUT2D eigenvalue weighted by atomic mass is 16.5. The molecule has 0 bridgehead atoms. The number of para-hydroxylation sites is 1. The Bertz CT molecular complexity index is 815. The van der Waals surface area contributed by atoms with Crippen molar-refractivity contribution in [2.24, 2.45) is 0 Å². The summed E-state index contributed by atoms with van der Waals surface area (Å²) in [6, 6.07) is 6.67. The number of rotatable bonds is 6. The maximum Gasteiger partial charge on any atom is 0.242 e. The summed E-state index contributed by atoms with van der Waals surface area (Å²) < 4.78 is 11.7. The molecule has 10 heteroatoms. The molecule has 10 nitrogen and oxygen atoms in total. The second-order valence-corrected chi connectivity index (χ2v) is 4.92. The molecule has 1 aromatic carbocycles. The van der Waals surface area contributed by atoms with Crippen molar-refractivity contribution >= 4 is 5.91 Å². The summed E-state index contributed by atoms with van der Waals surface area (Å²) in [6.07, 6.45) is 1.36. The fourth-order valence-corrected chi connectivity index (χ4v) is 2.22. The van der Waals surface area contributed by atoms with Crippen LogP contribution in [0, 0.1) is 6.92 Å². The van der Waals surface area contributed by atoms with Gasteiger partial charge < -0.3 is 14.6 Å². The smallest absolute Gasteiger partial charge is 0.242 e. The Hall–Kier alpha value is -3.30. The first-order valence-electron chi connectivity index (χ1n) is 7.10. The molecule has 0 aliphatic carbocycles. The van der Waals surface area contributed by atoms with Gasteiger partial charge in [-0.15, -0.1) is 5.10 Å². The molecule has 1 N–H and O–H groups in total. The summed E-state index contributed by atoms with van der Waals surface area (Å²) in [5, 5.41) is 17.4. The summed E-state index contributed by atoms with van der Waals surface area (Å²) in [6.45, 7) is 1.65. The second-order valence-electron chi connectivity index (χ2n) is 4.92. The Balaban J connectivity index is 1.89. The van der Waals surface area contributed by atoms with E-state index in [-0.39, 0.29) is 12.5 Å². The quantitative estimate of drug-likeness (QED) is 0.684. The fourth-order valence-electron chi connectivity index (χ4n) is 2.22. The van der Waals surface area contributed by atoms with Gasteiger partial charge in [-0.2, -0.15) is 4.98 Å². The molecule has 1 atom stereocenters. The van der Waals surface area contributed by atoms with Gasteiger partial charge in [0.2, 0.25) is 11.8 Å². The Kier molecular flexibility index (Phi) is 4.45. The van der Waals surface area contributed by atoms with E-state index in [1.807, 2.05) is 18.2 Å². The molecule has 2 aromatic heterocycles. The molecule has 0 aliphatic rings. The highest BCUT2D eigenvalue weighted by molar-refractivity contribution is 5.76. The maximum absolute atomic E-state index is 12.3. The first-order valence-corrected chi connectivity index (χ1v) is 7.10. The van der Waals surface area contributed by atoms with Crippen molar-refractivity contribution in [1.29, 1.82) is 0 Å². The number of nitrogens with zero attached hydrogens (tertiary/aromatic N) is 6. The first kappa shape index (κ1) is 15.6. The van der Waals surface area contributed by atoms with Crippen LogP contribution in [0.4, 0.5) is 0 Å².